The maximum Gasteiger partial charge on any atom is 0.0627 e. The summed E-state index contributed by atoms with van der Waals surface area (Å²) in [5.74, 6) is 0. The van der Waals surface area contributed by atoms with Gasteiger partial charge < -0.3 is 15.7 Å². The molecule has 0 aliphatic rings. The van der Waals surface area contributed by atoms with E-state index in [1.807, 2.05) is 31.3 Å². The fourth-order valence-electron chi connectivity index (χ4n) is 1.67. The molecule has 0 fully saturated rings. The monoisotopic (exact) mass is 208 g/mol. The second kappa shape index (κ2) is 5.73. The van der Waals surface area contributed by atoms with Crippen molar-refractivity contribution in [2.45, 2.75) is 25.9 Å². The van der Waals surface area contributed by atoms with E-state index in [-0.39, 0.29) is 12.6 Å². The number of para-hydroxylation sites is 1. The fraction of sp³-hybridized carbons (Fsp3) is 0.500. The van der Waals surface area contributed by atoms with Gasteiger partial charge in [0.05, 0.1) is 12.6 Å². The van der Waals surface area contributed by atoms with Crippen LogP contribution >= 0.6 is 0 Å². The average Bonchev–Trinajstić information content (AvgIpc) is 2.25. The van der Waals surface area contributed by atoms with Crippen molar-refractivity contribution in [3.05, 3.63) is 29.8 Å². The lowest BCUT2D eigenvalue weighted by atomic mass is 10.0. The summed E-state index contributed by atoms with van der Waals surface area (Å²) in [5.41, 5.74) is 2.17. The van der Waals surface area contributed by atoms with E-state index in [0.29, 0.717) is 6.04 Å². The summed E-state index contributed by atoms with van der Waals surface area (Å²) in [7, 11) is 1.89. The Bertz CT molecular complexity index is 299. The standard InChI is InChI=1S/C12H20N2O/c1-9(2)14-12(8-15)10-6-4-5-7-11(10)13-3/h4-7,9,12-15H,8H2,1-3H3. The van der Waals surface area contributed by atoms with Gasteiger partial charge in [0.15, 0.2) is 0 Å². The first-order chi connectivity index (χ1) is 7.19. The molecule has 1 rings (SSSR count). The molecule has 0 saturated carbocycles. The summed E-state index contributed by atoms with van der Waals surface area (Å²) in [4.78, 5) is 0. The van der Waals surface area contributed by atoms with Crippen molar-refractivity contribution in [3.8, 4) is 0 Å². The Hall–Kier alpha value is -1.06. The number of aliphatic hydroxyl groups excluding tert-OH is 1. The highest BCUT2D eigenvalue weighted by Gasteiger charge is 2.13. The van der Waals surface area contributed by atoms with Gasteiger partial charge in [0.25, 0.3) is 0 Å². The van der Waals surface area contributed by atoms with Crippen molar-refractivity contribution < 1.29 is 5.11 Å². The number of hydrogen-bond acceptors (Lipinski definition) is 3. The molecule has 1 atom stereocenters. The smallest absolute Gasteiger partial charge is 0.0627 e. The minimum Gasteiger partial charge on any atom is -0.394 e. The lowest BCUT2D eigenvalue weighted by Gasteiger charge is -2.21. The minimum absolute atomic E-state index is 0.00588. The van der Waals surface area contributed by atoms with Crippen molar-refractivity contribution in [3.63, 3.8) is 0 Å². The van der Waals surface area contributed by atoms with Gasteiger partial charge in [0.2, 0.25) is 0 Å². The third kappa shape index (κ3) is 3.22. The largest absolute Gasteiger partial charge is 0.394 e. The molecule has 3 nitrogen and oxygen atoms in total. The predicted molar refractivity (Wildman–Crippen MR) is 64.1 cm³/mol. The van der Waals surface area contributed by atoms with Gasteiger partial charge in [-0.15, -0.1) is 0 Å². The van der Waals surface area contributed by atoms with Crippen LogP contribution < -0.4 is 10.6 Å². The molecule has 0 bridgehead atoms. The molecular weight excluding hydrogens is 188 g/mol. The zero-order valence-electron chi connectivity index (χ0n) is 9.62. The molecule has 0 radical (unpaired) electrons. The number of hydrogen-bond donors (Lipinski definition) is 3. The van der Waals surface area contributed by atoms with Gasteiger partial charge in [-0.1, -0.05) is 32.0 Å². The molecule has 0 aliphatic carbocycles. The summed E-state index contributed by atoms with van der Waals surface area (Å²) >= 11 is 0. The highest BCUT2D eigenvalue weighted by molar-refractivity contribution is 5.52. The Morgan fingerprint density at radius 3 is 2.47 bits per heavy atom. The van der Waals surface area contributed by atoms with E-state index in [9.17, 15) is 5.11 Å². The van der Waals surface area contributed by atoms with Crippen LogP contribution in [0.3, 0.4) is 0 Å². The lowest BCUT2D eigenvalue weighted by molar-refractivity contribution is 0.237. The number of benzene rings is 1. The van der Waals surface area contributed by atoms with Crippen molar-refractivity contribution in [2.75, 3.05) is 19.0 Å². The van der Waals surface area contributed by atoms with Crippen LogP contribution in [-0.2, 0) is 0 Å². The molecule has 0 aliphatic heterocycles. The summed E-state index contributed by atoms with van der Waals surface area (Å²) < 4.78 is 0. The quantitative estimate of drug-likeness (QED) is 0.691. The van der Waals surface area contributed by atoms with E-state index >= 15 is 0 Å². The van der Waals surface area contributed by atoms with Crippen molar-refractivity contribution >= 4 is 5.69 Å². The van der Waals surface area contributed by atoms with Crippen molar-refractivity contribution in [1.29, 1.82) is 0 Å². The van der Waals surface area contributed by atoms with E-state index in [0.717, 1.165) is 11.3 Å². The van der Waals surface area contributed by atoms with E-state index in [2.05, 4.69) is 24.5 Å². The first kappa shape index (κ1) is 12.0. The summed E-state index contributed by atoms with van der Waals surface area (Å²) in [6.07, 6.45) is 0. The second-order valence-electron chi connectivity index (χ2n) is 3.89. The second-order valence-corrected chi connectivity index (χ2v) is 3.89. The van der Waals surface area contributed by atoms with Gasteiger partial charge in [0, 0.05) is 18.8 Å². The molecule has 3 N–H and O–H groups in total. The van der Waals surface area contributed by atoms with Gasteiger partial charge >= 0.3 is 0 Å². The molecule has 1 aromatic rings. The van der Waals surface area contributed by atoms with E-state index < -0.39 is 0 Å². The first-order valence-electron chi connectivity index (χ1n) is 5.32. The average molecular weight is 208 g/mol. The number of anilines is 1. The molecule has 1 unspecified atom stereocenters. The van der Waals surface area contributed by atoms with Crippen LogP contribution in [0.1, 0.15) is 25.5 Å². The molecular formula is C12H20N2O. The van der Waals surface area contributed by atoms with Gasteiger partial charge in [-0.25, -0.2) is 0 Å². The molecule has 0 aromatic heterocycles. The third-order valence-corrected chi connectivity index (χ3v) is 2.32. The van der Waals surface area contributed by atoms with Crippen LogP contribution in [-0.4, -0.2) is 24.8 Å². The topological polar surface area (TPSA) is 44.3 Å². The molecule has 0 spiro atoms. The normalized spacial score (nSPS) is 12.9. The molecule has 84 valence electrons. The highest BCUT2D eigenvalue weighted by atomic mass is 16.3. The van der Waals surface area contributed by atoms with Gasteiger partial charge in [-0.05, 0) is 11.6 Å². The van der Waals surface area contributed by atoms with Gasteiger partial charge in [-0.2, -0.15) is 0 Å². The van der Waals surface area contributed by atoms with Gasteiger partial charge in [-0.3, -0.25) is 0 Å². The lowest BCUT2D eigenvalue weighted by Crippen LogP contribution is -2.30. The Labute approximate surface area is 91.5 Å². The molecule has 0 saturated heterocycles. The summed E-state index contributed by atoms with van der Waals surface area (Å²) in [5, 5.41) is 15.8. The first-order valence-corrected chi connectivity index (χ1v) is 5.32. The maximum atomic E-state index is 9.36. The molecule has 0 heterocycles. The van der Waals surface area contributed by atoms with Gasteiger partial charge in [0.1, 0.15) is 0 Å². The van der Waals surface area contributed by atoms with Crippen molar-refractivity contribution in [2.24, 2.45) is 0 Å². The zero-order valence-corrected chi connectivity index (χ0v) is 9.62. The highest BCUT2D eigenvalue weighted by Crippen LogP contribution is 2.22. The third-order valence-electron chi connectivity index (χ3n) is 2.32. The van der Waals surface area contributed by atoms with E-state index in [1.165, 1.54) is 0 Å². The van der Waals surface area contributed by atoms with Crippen LogP contribution in [0.25, 0.3) is 0 Å². The summed E-state index contributed by atoms with van der Waals surface area (Å²) in [6.45, 7) is 4.26. The predicted octanol–water partition coefficient (Wildman–Crippen LogP) is 1.76. The Morgan fingerprint density at radius 1 is 1.27 bits per heavy atom. The van der Waals surface area contributed by atoms with Crippen LogP contribution in [0.4, 0.5) is 5.69 Å². The van der Waals surface area contributed by atoms with Crippen LogP contribution in [0, 0.1) is 0 Å². The van der Waals surface area contributed by atoms with Crippen LogP contribution in [0.15, 0.2) is 24.3 Å². The minimum atomic E-state index is -0.00588. The fourth-order valence-corrected chi connectivity index (χ4v) is 1.67. The molecule has 3 heteroatoms. The molecule has 1 aromatic carbocycles. The number of rotatable bonds is 5. The Kier molecular flexibility index (Phi) is 4.59. The Balaban J connectivity index is 2.90. The molecule has 0 amide bonds. The SMILES string of the molecule is CNc1ccccc1C(CO)NC(C)C. The molecule has 15 heavy (non-hydrogen) atoms. The van der Waals surface area contributed by atoms with E-state index in [1.54, 1.807) is 0 Å². The zero-order chi connectivity index (χ0) is 11.3. The van der Waals surface area contributed by atoms with Crippen LogP contribution in [0.2, 0.25) is 0 Å². The maximum absolute atomic E-state index is 9.36. The number of nitrogens with one attached hydrogen (secondary N) is 2. The summed E-state index contributed by atoms with van der Waals surface area (Å²) in [6, 6.07) is 8.36. The Morgan fingerprint density at radius 2 is 1.93 bits per heavy atom. The van der Waals surface area contributed by atoms with Crippen LogP contribution in [0.5, 0.6) is 0 Å². The van der Waals surface area contributed by atoms with E-state index in [4.69, 9.17) is 0 Å². The van der Waals surface area contributed by atoms with Crippen molar-refractivity contribution in [1.82, 2.24) is 5.32 Å². The number of aliphatic hydroxyl groups is 1.